The molecule has 28 heavy (non-hydrogen) atoms. The first-order valence-electron chi connectivity index (χ1n) is 9.17. The Balaban J connectivity index is 0.00000225. The Hall–Kier alpha value is -2.80. The minimum absolute atomic E-state index is 0. The minimum atomic E-state index is -0.440. The lowest BCUT2D eigenvalue weighted by Crippen LogP contribution is -2.42. The first kappa shape index (κ1) is 19.9. The molecular weight excluding hydrogens is 378 g/mol. The molecule has 8 heteroatoms. The molecule has 7 nitrogen and oxygen atoms in total. The Morgan fingerprint density at radius 1 is 1.32 bits per heavy atom. The SMILES string of the molecule is CNC1=CCN(Cc2cccc3c2c(C)nn3C2CCC(=O)NC2=O)C=C1.Cl. The number of hydrogen-bond donors (Lipinski definition) is 2. The van der Waals surface area contributed by atoms with Gasteiger partial charge in [0.05, 0.1) is 11.2 Å². The van der Waals surface area contributed by atoms with E-state index in [0.717, 1.165) is 35.4 Å². The number of fused-ring (bicyclic) bond motifs is 1. The summed E-state index contributed by atoms with van der Waals surface area (Å²) < 4.78 is 1.78. The summed E-state index contributed by atoms with van der Waals surface area (Å²) in [6.07, 6.45) is 7.13. The molecule has 2 aromatic rings. The van der Waals surface area contributed by atoms with E-state index >= 15 is 0 Å². The van der Waals surface area contributed by atoms with E-state index in [4.69, 9.17) is 0 Å². The molecule has 2 amide bonds. The van der Waals surface area contributed by atoms with Gasteiger partial charge in [-0.05, 0) is 37.1 Å². The summed E-state index contributed by atoms with van der Waals surface area (Å²) in [6, 6.07) is 5.67. The van der Waals surface area contributed by atoms with Crippen molar-refractivity contribution in [2.24, 2.45) is 0 Å². The first-order chi connectivity index (χ1) is 13.1. The number of halogens is 1. The van der Waals surface area contributed by atoms with E-state index < -0.39 is 6.04 Å². The number of allylic oxidation sites excluding steroid dienone is 1. The number of amides is 2. The zero-order chi connectivity index (χ0) is 19.0. The van der Waals surface area contributed by atoms with E-state index in [9.17, 15) is 9.59 Å². The van der Waals surface area contributed by atoms with Gasteiger partial charge in [0.1, 0.15) is 6.04 Å². The van der Waals surface area contributed by atoms with Crippen molar-refractivity contribution < 1.29 is 9.59 Å². The normalized spacial score (nSPS) is 19.3. The van der Waals surface area contributed by atoms with Crippen LogP contribution < -0.4 is 10.6 Å². The van der Waals surface area contributed by atoms with Crippen LogP contribution in [0.3, 0.4) is 0 Å². The van der Waals surface area contributed by atoms with Crippen molar-refractivity contribution in [2.75, 3.05) is 13.6 Å². The summed E-state index contributed by atoms with van der Waals surface area (Å²) in [5.41, 5.74) is 4.13. The number of imide groups is 1. The van der Waals surface area contributed by atoms with Gasteiger partial charge in [-0.2, -0.15) is 5.10 Å². The van der Waals surface area contributed by atoms with Crippen LogP contribution in [0.1, 0.15) is 30.1 Å². The molecule has 0 bridgehead atoms. The quantitative estimate of drug-likeness (QED) is 0.767. The van der Waals surface area contributed by atoms with Crippen LogP contribution in [0.25, 0.3) is 10.9 Å². The second-order valence-corrected chi connectivity index (χ2v) is 6.96. The summed E-state index contributed by atoms with van der Waals surface area (Å²) >= 11 is 0. The fourth-order valence-electron chi connectivity index (χ4n) is 3.80. The molecule has 1 atom stereocenters. The van der Waals surface area contributed by atoms with Crippen LogP contribution in [0.5, 0.6) is 0 Å². The van der Waals surface area contributed by atoms with Gasteiger partial charge in [0, 0.05) is 43.8 Å². The molecule has 4 rings (SSSR count). The fraction of sp³-hybridized carbons (Fsp3) is 0.350. The lowest BCUT2D eigenvalue weighted by atomic mass is 10.0. The summed E-state index contributed by atoms with van der Waals surface area (Å²) in [6.45, 7) is 3.58. The third-order valence-corrected chi connectivity index (χ3v) is 5.17. The van der Waals surface area contributed by atoms with Gasteiger partial charge in [-0.3, -0.25) is 19.6 Å². The van der Waals surface area contributed by atoms with E-state index in [1.54, 1.807) is 4.68 Å². The molecular formula is C20H24ClN5O2. The van der Waals surface area contributed by atoms with E-state index in [-0.39, 0.29) is 24.2 Å². The van der Waals surface area contributed by atoms with E-state index in [0.29, 0.717) is 12.8 Å². The third-order valence-electron chi connectivity index (χ3n) is 5.17. The summed E-state index contributed by atoms with van der Waals surface area (Å²) in [5.74, 6) is -0.485. The van der Waals surface area contributed by atoms with Gasteiger partial charge < -0.3 is 10.2 Å². The highest BCUT2D eigenvalue weighted by Gasteiger charge is 2.30. The molecule has 1 unspecified atom stereocenters. The number of nitrogens with one attached hydrogen (secondary N) is 2. The van der Waals surface area contributed by atoms with Gasteiger partial charge in [0.2, 0.25) is 5.91 Å². The van der Waals surface area contributed by atoms with Gasteiger partial charge in [0.15, 0.2) is 0 Å². The smallest absolute Gasteiger partial charge is 0.251 e. The van der Waals surface area contributed by atoms with Crippen LogP contribution in [0.15, 0.2) is 42.2 Å². The molecule has 1 saturated heterocycles. The number of aryl methyl sites for hydroxylation is 1. The van der Waals surface area contributed by atoms with Crippen molar-refractivity contribution in [1.29, 1.82) is 0 Å². The van der Waals surface area contributed by atoms with Crippen molar-refractivity contribution in [1.82, 2.24) is 25.3 Å². The van der Waals surface area contributed by atoms with Gasteiger partial charge in [0.25, 0.3) is 5.91 Å². The lowest BCUT2D eigenvalue weighted by Gasteiger charge is -2.23. The molecule has 3 heterocycles. The van der Waals surface area contributed by atoms with Crippen LogP contribution in [0, 0.1) is 6.92 Å². The zero-order valence-corrected chi connectivity index (χ0v) is 16.8. The predicted molar refractivity (Wildman–Crippen MR) is 110 cm³/mol. The summed E-state index contributed by atoms with van der Waals surface area (Å²) in [5, 5.41) is 11.3. The molecule has 1 aromatic heterocycles. The molecule has 1 fully saturated rings. The van der Waals surface area contributed by atoms with Crippen LogP contribution in [-0.4, -0.2) is 40.1 Å². The van der Waals surface area contributed by atoms with Crippen molar-refractivity contribution in [2.45, 2.75) is 32.4 Å². The van der Waals surface area contributed by atoms with Crippen LogP contribution in [0.4, 0.5) is 0 Å². The number of carbonyl (C=O) groups is 2. The Bertz CT molecular complexity index is 978. The van der Waals surface area contributed by atoms with Crippen molar-refractivity contribution in [3.63, 3.8) is 0 Å². The maximum atomic E-state index is 12.3. The number of piperidine rings is 1. The maximum Gasteiger partial charge on any atom is 0.251 e. The molecule has 1 aromatic carbocycles. The Labute approximate surface area is 169 Å². The number of aromatic nitrogens is 2. The van der Waals surface area contributed by atoms with Gasteiger partial charge >= 0.3 is 0 Å². The zero-order valence-electron chi connectivity index (χ0n) is 15.9. The number of carbonyl (C=O) groups excluding carboxylic acids is 2. The largest absolute Gasteiger partial charge is 0.388 e. The third kappa shape index (κ3) is 3.62. The van der Waals surface area contributed by atoms with Crippen molar-refractivity contribution in [3.05, 3.63) is 53.5 Å². The molecule has 2 N–H and O–H groups in total. The van der Waals surface area contributed by atoms with Crippen LogP contribution >= 0.6 is 12.4 Å². The predicted octanol–water partition coefficient (Wildman–Crippen LogP) is 2.18. The van der Waals surface area contributed by atoms with E-state index in [1.165, 1.54) is 5.56 Å². The van der Waals surface area contributed by atoms with E-state index in [2.05, 4.69) is 45.1 Å². The molecule has 0 radical (unpaired) electrons. The van der Waals surface area contributed by atoms with Crippen LogP contribution in [-0.2, 0) is 16.1 Å². The molecule has 0 spiro atoms. The average molecular weight is 402 g/mol. The highest BCUT2D eigenvalue weighted by atomic mass is 35.5. The molecule has 148 valence electrons. The lowest BCUT2D eigenvalue weighted by molar-refractivity contribution is -0.135. The second kappa shape index (κ2) is 8.06. The number of nitrogens with zero attached hydrogens (tertiary/aromatic N) is 3. The topological polar surface area (TPSA) is 79.3 Å². The second-order valence-electron chi connectivity index (χ2n) is 6.96. The highest BCUT2D eigenvalue weighted by molar-refractivity contribution is 6.00. The average Bonchev–Trinajstić information content (AvgIpc) is 3.00. The number of rotatable bonds is 4. The van der Waals surface area contributed by atoms with Crippen molar-refractivity contribution >= 4 is 35.1 Å². The van der Waals surface area contributed by atoms with E-state index in [1.807, 2.05) is 26.1 Å². The molecule has 0 saturated carbocycles. The standard InChI is InChI=1S/C20H23N5O2.ClH/c1-13-19-14(12-24-10-8-15(21-2)9-11-24)4-3-5-16(19)25(23-13)17-6-7-18(26)22-20(17)27;/h3-5,8-10,17,21H,6-7,11-12H2,1-2H3,(H,22,26,27);1H. The van der Waals surface area contributed by atoms with Gasteiger partial charge in [-0.25, -0.2) is 0 Å². The minimum Gasteiger partial charge on any atom is -0.388 e. The summed E-state index contributed by atoms with van der Waals surface area (Å²) in [7, 11) is 1.92. The Morgan fingerprint density at radius 3 is 2.82 bits per heavy atom. The fourth-order valence-corrected chi connectivity index (χ4v) is 3.80. The number of hydrogen-bond acceptors (Lipinski definition) is 5. The molecule has 2 aliphatic rings. The van der Waals surface area contributed by atoms with Crippen molar-refractivity contribution in [3.8, 4) is 0 Å². The van der Waals surface area contributed by atoms with Gasteiger partial charge in [-0.1, -0.05) is 12.1 Å². The highest BCUT2D eigenvalue weighted by Crippen LogP contribution is 2.29. The first-order valence-corrected chi connectivity index (χ1v) is 9.17. The Kier molecular flexibility index (Phi) is 5.74. The number of benzene rings is 1. The van der Waals surface area contributed by atoms with Gasteiger partial charge in [-0.15, -0.1) is 12.4 Å². The monoisotopic (exact) mass is 401 g/mol. The Morgan fingerprint density at radius 2 is 2.14 bits per heavy atom. The molecule has 0 aliphatic carbocycles. The maximum absolute atomic E-state index is 12.3. The van der Waals surface area contributed by atoms with Crippen LogP contribution in [0.2, 0.25) is 0 Å². The molecule has 2 aliphatic heterocycles. The number of likely N-dealkylation sites (N-methyl/N-ethyl adjacent to an activating group) is 1. The summed E-state index contributed by atoms with van der Waals surface area (Å²) in [4.78, 5) is 26.0.